The number of hydrogen-bond acceptors (Lipinski definition) is 4. The standard InChI is InChI=1S/C9H8ClNO2S/c1-12-6-2-3-14-9(6)7-5-11-8(4-10)13-7/h2-3,5H,4H2,1H3. The SMILES string of the molecule is COc1ccsc1-c1cnc(CCl)o1. The predicted molar refractivity (Wildman–Crippen MR) is 55.9 cm³/mol. The summed E-state index contributed by atoms with van der Waals surface area (Å²) >= 11 is 7.14. The normalized spacial score (nSPS) is 10.4. The van der Waals surface area contributed by atoms with Gasteiger partial charge in [0.25, 0.3) is 0 Å². The minimum atomic E-state index is 0.285. The maximum atomic E-state index is 5.59. The van der Waals surface area contributed by atoms with Crippen LogP contribution in [-0.4, -0.2) is 12.1 Å². The van der Waals surface area contributed by atoms with Crippen LogP contribution in [0.3, 0.4) is 0 Å². The van der Waals surface area contributed by atoms with E-state index in [0.717, 1.165) is 10.6 Å². The molecule has 0 aliphatic carbocycles. The van der Waals surface area contributed by atoms with Gasteiger partial charge in [0.1, 0.15) is 10.6 Å². The Hall–Kier alpha value is -1.00. The number of thiophene rings is 1. The summed E-state index contributed by atoms with van der Waals surface area (Å²) in [5, 5.41) is 1.94. The van der Waals surface area contributed by atoms with E-state index < -0.39 is 0 Å². The van der Waals surface area contributed by atoms with Crippen LogP contribution in [0.1, 0.15) is 5.89 Å². The molecule has 0 radical (unpaired) electrons. The fourth-order valence-corrected chi connectivity index (χ4v) is 2.04. The van der Waals surface area contributed by atoms with Crippen LogP contribution >= 0.6 is 22.9 Å². The highest BCUT2D eigenvalue weighted by molar-refractivity contribution is 7.13. The van der Waals surface area contributed by atoms with Crippen molar-refractivity contribution in [2.75, 3.05) is 7.11 Å². The third kappa shape index (κ3) is 1.63. The number of nitrogens with zero attached hydrogens (tertiary/aromatic N) is 1. The minimum absolute atomic E-state index is 0.285. The molecule has 0 N–H and O–H groups in total. The largest absolute Gasteiger partial charge is 0.495 e. The zero-order valence-electron chi connectivity index (χ0n) is 7.49. The quantitative estimate of drug-likeness (QED) is 0.759. The lowest BCUT2D eigenvalue weighted by Crippen LogP contribution is -1.80. The highest BCUT2D eigenvalue weighted by Crippen LogP contribution is 2.35. The van der Waals surface area contributed by atoms with E-state index >= 15 is 0 Å². The van der Waals surface area contributed by atoms with Crippen molar-refractivity contribution in [3.8, 4) is 16.4 Å². The van der Waals surface area contributed by atoms with E-state index in [-0.39, 0.29) is 5.88 Å². The number of ether oxygens (including phenoxy) is 1. The lowest BCUT2D eigenvalue weighted by molar-refractivity contribution is 0.416. The fraction of sp³-hybridized carbons (Fsp3) is 0.222. The van der Waals surface area contributed by atoms with Crippen LogP contribution in [-0.2, 0) is 5.88 Å². The highest BCUT2D eigenvalue weighted by Gasteiger charge is 2.12. The molecule has 0 fully saturated rings. The molecular weight excluding hydrogens is 222 g/mol. The van der Waals surface area contributed by atoms with Crippen molar-refractivity contribution in [3.63, 3.8) is 0 Å². The van der Waals surface area contributed by atoms with E-state index in [0.29, 0.717) is 11.7 Å². The van der Waals surface area contributed by atoms with Crippen LogP contribution in [0.4, 0.5) is 0 Å². The number of methoxy groups -OCH3 is 1. The van der Waals surface area contributed by atoms with E-state index in [1.807, 2.05) is 11.4 Å². The lowest BCUT2D eigenvalue weighted by atomic mass is 10.4. The predicted octanol–water partition coefficient (Wildman–Crippen LogP) is 3.15. The molecule has 3 nitrogen and oxygen atoms in total. The fourth-order valence-electron chi connectivity index (χ4n) is 1.11. The van der Waals surface area contributed by atoms with Gasteiger partial charge in [-0.2, -0.15) is 0 Å². The van der Waals surface area contributed by atoms with Crippen LogP contribution < -0.4 is 4.74 Å². The van der Waals surface area contributed by atoms with E-state index in [2.05, 4.69) is 4.98 Å². The molecule has 14 heavy (non-hydrogen) atoms. The van der Waals surface area contributed by atoms with Crippen LogP contribution in [0, 0.1) is 0 Å². The summed E-state index contributed by atoms with van der Waals surface area (Å²) in [7, 11) is 1.63. The topological polar surface area (TPSA) is 35.3 Å². The molecule has 0 saturated carbocycles. The van der Waals surface area contributed by atoms with Crippen molar-refractivity contribution in [1.82, 2.24) is 4.98 Å². The molecule has 2 heterocycles. The first kappa shape index (κ1) is 9.55. The molecule has 2 aromatic heterocycles. The molecule has 0 atom stereocenters. The zero-order valence-corrected chi connectivity index (χ0v) is 9.06. The number of oxazole rings is 1. The second-order valence-corrected chi connectivity index (χ2v) is 3.75. The van der Waals surface area contributed by atoms with Gasteiger partial charge in [-0.25, -0.2) is 4.98 Å². The van der Waals surface area contributed by atoms with Crippen molar-refractivity contribution in [1.29, 1.82) is 0 Å². The van der Waals surface area contributed by atoms with E-state index in [1.165, 1.54) is 0 Å². The Balaban J connectivity index is 2.38. The average Bonchev–Trinajstić information content (AvgIpc) is 2.85. The van der Waals surface area contributed by atoms with Crippen LogP contribution in [0.25, 0.3) is 10.6 Å². The number of rotatable bonds is 3. The Morgan fingerprint density at radius 3 is 3.14 bits per heavy atom. The van der Waals surface area contributed by atoms with Gasteiger partial charge in [-0.15, -0.1) is 22.9 Å². The molecule has 2 rings (SSSR count). The number of aromatic nitrogens is 1. The molecule has 0 saturated heterocycles. The van der Waals surface area contributed by atoms with Crippen molar-refractivity contribution in [3.05, 3.63) is 23.5 Å². The van der Waals surface area contributed by atoms with Crippen molar-refractivity contribution < 1.29 is 9.15 Å². The summed E-state index contributed by atoms with van der Waals surface area (Å²) in [6, 6.07) is 1.89. The molecule has 0 aromatic carbocycles. The Morgan fingerprint density at radius 1 is 1.64 bits per heavy atom. The molecule has 0 amide bonds. The summed E-state index contributed by atoms with van der Waals surface area (Å²) in [4.78, 5) is 4.96. The van der Waals surface area contributed by atoms with Gasteiger partial charge in [-0.3, -0.25) is 0 Å². The molecule has 0 spiro atoms. The second-order valence-electron chi connectivity index (χ2n) is 2.57. The van der Waals surface area contributed by atoms with Crippen molar-refractivity contribution >= 4 is 22.9 Å². The van der Waals surface area contributed by atoms with E-state index in [1.54, 1.807) is 24.6 Å². The first-order valence-electron chi connectivity index (χ1n) is 3.97. The van der Waals surface area contributed by atoms with Gasteiger partial charge in [0.15, 0.2) is 5.76 Å². The summed E-state index contributed by atoms with van der Waals surface area (Å²) in [5.74, 6) is 2.31. The Kier molecular flexibility index (Phi) is 2.74. The third-order valence-electron chi connectivity index (χ3n) is 1.74. The maximum absolute atomic E-state index is 5.59. The van der Waals surface area contributed by atoms with E-state index in [4.69, 9.17) is 20.8 Å². The van der Waals surface area contributed by atoms with E-state index in [9.17, 15) is 0 Å². The van der Waals surface area contributed by atoms with Crippen molar-refractivity contribution in [2.24, 2.45) is 0 Å². The molecule has 0 unspecified atom stereocenters. The molecule has 0 aliphatic heterocycles. The first-order chi connectivity index (χ1) is 6.85. The Morgan fingerprint density at radius 2 is 2.50 bits per heavy atom. The van der Waals surface area contributed by atoms with Gasteiger partial charge < -0.3 is 9.15 Å². The Bertz CT molecular complexity index is 424. The zero-order chi connectivity index (χ0) is 9.97. The van der Waals surface area contributed by atoms with Gasteiger partial charge in [-0.1, -0.05) is 0 Å². The van der Waals surface area contributed by atoms with Crippen LogP contribution in [0.2, 0.25) is 0 Å². The number of halogens is 1. The number of hydrogen-bond donors (Lipinski definition) is 0. The minimum Gasteiger partial charge on any atom is -0.495 e. The molecule has 0 aliphatic rings. The van der Waals surface area contributed by atoms with Gasteiger partial charge in [0.2, 0.25) is 5.89 Å². The van der Waals surface area contributed by atoms with Gasteiger partial charge in [0, 0.05) is 0 Å². The summed E-state index contributed by atoms with van der Waals surface area (Å²) < 4.78 is 10.6. The summed E-state index contributed by atoms with van der Waals surface area (Å²) in [6.07, 6.45) is 1.66. The van der Waals surface area contributed by atoms with Crippen LogP contribution in [0.15, 0.2) is 22.1 Å². The maximum Gasteiger partial charge on any atom is 0.209 e. The monoisotopic (exact) mass is 229 g/mol. The van der Waals surface area contributed by atoms with Gasteiger partial charge >= 0.3 is 0 Å². The summed E-state index contributed by atoms with van der Waals surface area (Å²) in [6.45, 7) is 0. The highest BCUT2D eigenvalue weighted by atomic mass is 35.5. The molecule has 2 aromatic rings. The Labute approximate surface area is 90.3 Å². The summed E-state index contributed by atoms with van der Waals surface area (Å²) in [5.41, 5.74) is 0. The lowest BCUT2D eigenvalue weighted by Gasteiger charge is -1.97. The van der Waals surface area contributed by atoms with Gasteiger partial charge in [-0.05, 0) is 11.4 Å². The molecular formula is C9H8ClNO2S. The first-order valence-corrected chi connectivity index (χ1v) is 5.39. The third-order valence-corrected chi connectivity index (χ3v) is 2.88. The average molecular weight is 230 g/mol. The molecule has 0 bridgehead atoms. The molecule has 5 heteroatoms. The smallest absolute Gasteiger partial charge is 0.209 e. The molecule has 74 valence electrons. The second kappa shape index (κ2) is 4.02. The van der Waals surface area contributed by atoms with Crippen LogP contribution in [0.5, 0.6) is 5.75 Å². The number of alkyl halides is 1. The van der Waals surface area contributed by atoms with Gasteiger partial charge in [0.05, 0.1) is 19.2 Å². The van der Waals surface area contributed by atoms with Crippen molar-refractivity contribution in [2.45, 2.75) is 5.88 Å².